The van der Waals surface area contributed by atoms with Gasteiger partial charge in [0.1, 0.15) is 6.04 Å². The molecule has 1 atom stereocenters. The lowest BCUT2D eigenvalue weighted by molar-refractivity contribution is -0.131. The summed E-state index contributed by atoms with van der Waals surface area (Å²) in [6.45, 7) is 2.40. The van der Waals surface area contributed by atoms with Gasteiger partial charge in [-0.2, -0.15) is 4.31 Å². The number of hydrogen-bond acceptors (Lipinski definition) is 5. The number of sulfonamides is 1. The number of nitrogens with zero attached hydrogens (tertiary/aromatic N) is 3. The van der Waals surface area contributed by atoms with Crippen LogP contribution in [0.25, 0.3) is 0 Å². The molecule has 4 rings (SSSR count). The molecule has 0 spiro atoms. The number of para-hydroxylation sites is 1. The Morgan fingerprint density at radius 2 is 1.80 bits per heavy atom. The molecule has 0 radical (unpaired) electrons. The molecule has 0 aliphatic carbocycles. The molecule has 2 aromatic carbocycles. The van der Waals surface area contributed by atoms with Gasteiger partial charge in [0.25, 0.3) is 0 Å². The highest BCUT2D eigenvalue weighted by Gasteiger charge is 2.41. The van der Waals surface area contributed by atoms with Gasteiger partial charge in [-0.3, -0.25) is 9.69 Å². The van der Waals surface area contributed by atoms with Crippen molar-refractivity contribution in [1.82, 2.24) is 9.21 Å². The van der Waals surface area contributed by atoms with E-state index < -0.39 is 16.1 Å². The fourth-order valence-electron chi connectivity index (χ4n) is 3.82. The van der Waals surface area contributed by atoms with Gasteiger partial charge in [0.2, 0.25) is 15.9 Å². The van der Waals surface area contributed by atoms with Crippen LogP contribution in [0.15, 0.2) is 59.6 Å². The van der Waals surface area contributed by atoms with Crippen molar-refractivity contribution in [2.24, 2.45) is 4.99 Å². The molecule has 158 valence electrons. The first-order valence-corrected chi connectivity index (χ1v) is 12.7. The van der Waals surface area contributed by atoms with E-state index in [2.05, 4.69) is 4.99 Å². The molecule has 0 saturated carbocycles. The Bertz CT molecular complexity index is 1050. The predicted octanol–water partition coefficient (Wildman–Crippen LogP) is 3.42. The number of benzene rings is 2. The van der Waals surface area contributed by atoms with Crippen molar-refractivity contribution < 1.29 is 13.2 Å². The summed E-state index contributed by atoms with van der Waals surface area (Å²) in [5.74, 6) is 0.668. The fourth-order valence-corrected chi connectivity index (χ4v) is 6.00. The van der Waals surface area contributed by atoms with Crippen LogP contribution in [0.2, 0.25) is 0 Å². The van der Waals surface area contributed by atoms with Gasteiger partial charge in [0.15, 0.2) is 5.17 Å². The number of thioether (sulfide) groups is 1. The zero-order valence-corrected chi connectivity index (χ0v) is 18.5. The summed E-state index contributed by atoms with van der Waals surface area (Å²) in [6.07, 6.45) is 1.24. The van der Waals surface area contributed by atoms with Crippen LogP contribution in [0.3, 0.4) is 0 Å². The third kappa shape index (κ3) is 4.31. The maximum absolute atomic E-state index is 13.7. The van der Waals surface area contributed by atoms with E-state index in [1.165, 1.54) is 4.31 Å². The Morgan fingerprint density at radius 1 is 1.10 bits per heavy atom. The maximum Gasteiger partial charge on any atom is 0.247 e. The van der Waals surface area contributed by atoms with E-state index in [1.807, 2.05) is 54.6 Å². The predicted molar refractivity (Wildman–Crippen MR) is 121 cm³/mol. The number of fused-ring (bicyclic) bond motifs is 1. The average molecular weight is 444 g/mol. The molecule has 6 nitrogen and oxygen atoms in total. The molecule has 8 heteroatoms. The van der Waals surface area contributed by atoms with Gasteiger partial charge >= 0.3 is 0 Å². The van der Waals surface area contributed by atoms with Gasteiger partial charge in [0.05, 0.1) is 11.4 Å². The van der Waals surface area contributed by atoms with Gasteiger partial charge in [0, 0.05) is 18.8 Å². The summed E-state index contributed by atoms with van der Waals surface area (Å²) in [6, 6.07) is 16.6. The topological polar surface area (TPSA) is 70.1 Å². The zero-order chi connectivity index (χ0) is 21.1. The molecule has 2 aliphatic heterocycles. The molecule has 30 heavy (non-hydrogen) atoms. The number of amides is 1. The second kappa shape index (κ2) is 8.91. The SMILES string of the molecule is CCS(=O)(=O)N1Cc2ccccc2CC1C(=O)N1CCCSC1=Nc1ccccc1. The van der Waals surface area contributed by atoms with E-state index in [4.69, 9.17) is 0 Å². The zero-order valence-electron chi connectivity index (χ0n) is 16.9. The van der Waals surface area contributed by atoms with E-state index in [0.29, 0.717) is 18.1 Å². The Labute approximate surface area is 182 Å². The third-order valence-electron chi connectivity index (χ3n) is 5.45. The number of carbonyl (C=O) groups excluding carboxylic acids is 1. The van der Waals surface area contributed by atoms with Crippen LogP contribution in [-0.2, 0) is 27.8 Å². The van der Waals surface area contributed by atoms with E-state index in [-0.39, 0.29) is 18.2 Å². The highest BCUT2D eigenvalue weighted by Crippen LogP contribution is 2.30. The van der Waals surface area contributed by atoms with Gasteiger partial charge in [-0.25, -0.2) is 13.4 Å². The summed E-state index contributed by atoms with van der Waals surface area (Å²) >= 11 is 1.55. The first-order chi connectivity index (χ1) is 14.5. The second-order valence-electron chi connectivity index (χ2n) is 7.36. The summed E-state index contributed by atoms with van der Waals surface area (Å²) in [4.78, 5) is 20.0. The standard InChI is InChI=1S/C22H25N3O3S2/c1-2-30(27,28)25-16-18-10-7-6-9-17(18)15-20(25)21(26)24-13-8-14-29-22(24)23-19-11-4-3-5-12-19/h3-7,9-12,20H,2,8,13-16H2,1H3. The van der Waals surface area contributed by atoms with Crippen LogP contribution in [0.5, 0.6) is 0 Å². The largest absolute Gasteiger partial charge is 0.290 e. The molecule has 1 fully saturated rings. The Hall–Kier alpha value is -2.16. The minimum absolute atomic E-state index is 0.0291. The molecule has 2 aliphatic rings. The lowest BCUT2D eigenvalue weighted by Crippen LogP contribution is -2.55. The highest BCUT2D eigenvalue weighted by atomic mass is 32.2. The fraction of sp³-hybridized carbons (Fsp3) is 0.364. The first kappa shape index (κ1) is 21.1. The molecule has 0 bridgehead atoms. The van der Waals surface area contributed by atoms with Crippen molar-refractivity contribution in [2.75, 3.05) is 18.1 Å². The van der Waals surface area contributed by atoms with Crippen molar-refractivity contribution in [3.05, 3.63) is 65.7 Å². The van der Waals surface area contributed by atoms with Gasteiger partial charge in [-0.05, 0) is 43.0 Å². The summed E-state index contributed by atoms with van der Waals surface area (Å²) in [5.41, 5.74) is 2.78. The van der Waals surface area contributed by atoms with E-state index in [0.717, 1.165) is 29.0 Å². The van der Waals surface area contributed by atoms with E-state index in [1.54, 1.807) is 23.6 Å². The number of rotatable bonds is 4. The quantitative estimate of drug-likeness (QED) is 0.726. The minimum atomic E-state index is -3.53. The van der Waals surface area contributed by atoms with Crippen molar-refractivity contribution in [1.29, 1.82) is 0 Å². The number of amidine groups is 1. The van der Waals surface area contributed by atoms with Crippen molar-refractivity contribution in [3.8, 4) is 0 Å². The smallest absolute Gasteiger partial charge is 0.247 e. The van der Waals surface area contributed by atoms with Crippen LogP contribution in [0.4, 0.5) is 5.69 Å². The summed E-state index contributed by atoms with van der Waals surface area (Å²) in [5, 5.41) is 0.644. The normalized spacial score (nSPS) is 21.4. The third-order valence-corrected chi connectivity index (χ3v) is 8.34. The Balaban J connectivity index is 1.69. The second-order valence-corrected chi connectivity index (χ2v) is 10.6. The molecule has 1 unspecified atom stereocenters. The molecule has 0 N–H and O–H groups in total. The van der Waals surface area contributed by atoms with Gasteiger partial charge in [-0.1, -0.05) is 54.2 Å². The number of carbonyl (C=O) groups is 1. The van der Waals surface area contributed by atoms with Gasteiger partial charge in [-0.15, -0.1) is 0 Å². The van der Waals surface area contributed by atoms with Crippen LogP contribution >= 0.6 is 11.8 Å². The molecule has 1 amide bonds. The highest BCUT2D eigenvalue weighted by molar-refractivity contribution is 8.13. The molecular weight excluding hydrogens is 418 g/mol. The first-order valence-electron chi connectivity index (χ1n) is 10.1. The lowest BCUT2D eigenvalue weighted by atomic mass is 9.95. The molecule has 2 heterocycles. The molecular formula is C22H25N3O3S2. The average Bonchev–Trinajstić information content (AvgIpc) is 2.79. The van der Waals surface area contributed by atoms with Crippen molar-refractivity contribution >= 4 is 38.5 Å². The van der Waals surface area contributed by atoms with Gasteiger partial charge < -0.3 is 0 Å². The van der Waals surface area contributed by atoms with Crippen LogP contribution in [0.1, 0.15) is 24.5 Å². The number of hydrogen-bond donors (Lipinski definition) is 0. The summed E-state index contributed by atoms with van der Waals surface area (Å²) in [7, 11) is -3.53. The van der Waals surface area contributed by atoms with E-state index >= 15 is 0 Å². The van der Waals surface area contributed by atoms with Crippen molar-refractivity contribution in [2.45, 2.75) is 32.4 Å². The van der Waals surface area contributed by atoms with Crippen molar-refractivity contribution in [3.63, 3.8) is 0 Å². The van der Waals surface area contributed by atoms with E-state index in [9.17, 15) is 13.2 Å². The Kier molecular flexibility index (Phi) is 6.26. The Morgan fingerprint density at radius 3 is 2.53 bits per heavy atom. The van der Waals surface area contributed by atoms with Crippen LogP contribution in [0, 0.1) is 0 Å². The van der Waals surface area contributed by atoms with Crippen LogP contribution < -0.4 is 0 Å². The molecule has 1 saturated heterocycles. The minimum Gasteiger partial charge on any atom is -0.290 e. The van der Waals surface area contributed by atoms with Crippen LogP contribution in [-0.4, -0.2) is 52.8 Å². The lowest BCUT2D eigenvalue weighted by Gasteiger charge is -2.38. The monoisotopic (exact) mass is 443 g/mol. The maximum atomic E-state index is 13.7. The molecule has 2 aromatic rings. The molecule has 0 aromatic heterocycles. The summed E-state index contributed by atoms with van der Waals surface area (Å²) < 4.78 is 27.1. The number of aliphatic imine (C=N–C) groups is 1.